The fourth-order valence-electron chi connectivity index (χ4n) is 2.92. The van der Waals surface area contributed by atoms with Crippen LogP contribution in [0.1, 0.15) is 22.5 Å². The zero-order chi connectivity index (χ0) is 22.3. The van der Waals surface area contributed by atoms with Crippen LogP contribution >= 0.6 is 35.0 Å². The van der Waals surface area contributed by atoms with Crippen LogP contribution in [0.4, 0.5) is 0 Å². The number of benzene rings is 3. The molecule has 1 aromatic heterocycles. The molecule has 0 aliphatic heterocycles. The van der Waals surface area contributed by atoms with Crippen molar-refractivity contribution in [1.82, 2.24) is 14.9 Å². The molecule has 0 saturated carbocycles. The Balaban J connectivity index is 1.49. The number of aryl methyl sites for hydroxylation is 1. The summed E-state index contributed by atoms with van der Waals surface area (Å²) >= 11 is 13.8. The highest BCUT2D eigenvalue weighted by molar-refractivity contribution is 7.98. The lowest BCUT2D eigenvalue weighted by Gasteiger charge is -2.10. The molecule has 32 heavy (non-hydrogen) atoms. The van der Waals surface area contributed by atoms with Crippen LogP contribution in [0, 0.1) is 6.92 Å². The molecule has 5 nitrogen and oxygen atoms in total. The van der Waals surface area contributed by atoms with E-state index in [9.17, 15) is 0 Å². The molecule has 1 heterocycles. The Morgan fingerprint density at radius 2 is 1.78 bits per heavy atom. The second kappa shape index (κ2) is 10.7. The zero-order valence-corrected chi connectivity index (χ0v) is 19.6. The molecule has 8 heteroatoms. The van der Waals surface area contributed by atoms with Crippen molar-refractivity contribution in [3.8, 4) is 5.75 Å². The molecule has 0 aliphatic carbocycles. The first kappa shape index (κ1) is 22.4. The van der Waals surface area contributed by atoms with Gasteiger partial charge in [-0.25, -0.2) is 0 Å². The summed E-state index contributed by atoms with van der Waals surface area (Å²) in [6.07, 6.45) is 1.75. The van der Waals surface area contributed by atoms with Crippen molar-refractivity contribution in [3.05, 3.63) is 105 Å². The third-order valence-electron chi connectivity index (χ3n) is 4.61. The maximum Gasteiger partial charge on any atom is 0.212 e. The van der Waals surface area contributed by atoms with E-state index in [4.69, 9.17) is 27.9 Å². The van der Waals surface area contributed by atoms with E-state index in [2.05, 4.69) is 27.4 Å². The van der Waals surface area contributed by atoms with Crippen molar-refractivity contribution < 1.29 is 4.74 Å². The van der Waals surface area contributed by atoms with Gasteiger partial charge in [0.15, 0.2) is 5.82 Å². The molecule has 3 aromatic carbocycles. The number of nitrogens with zero attached hydrogens (tertiary/aromatic N) is 4. The number of halogens is 2. The number of para-hydroxylation sites is 1. The fraction of sp³-hybridized carbons (Fsp3) is 0.125. The van der Waals surface area contributed by atoms with Gasteiger partial charge in [-0.05, 0) is 36.8 Å². The number of aromatic nitrogens is 3. The first-order valence-corrected chi connectivity index (χ1v) is 11.6. The van der Waals surface area contributed by atoms with Crippen molar-refractivity contribution in [2.75, 3.05) is 0 Å². The molecule has 0 N–H and O–H groups in total. The molecule has 0 saturated heterocycles. The predicted octanol–water partition coefficient (Wildman–Crippen LogP) is 6.65. The van der Waals surface area contributed by atoms with Gasteiger partial charge in [-0.3, -0.25) is 0 Å². The molecule has 4 aromatic rings. The van der Waals surface area contributed by atoms with Crippen molar-refractivity contribution >= 4 is 41.2 Å². The summed E-state index contributed by atoms with van der Waals surface area (Å²) in [5, 5.41) is 15.0. The second-order valence-electron chi connectivity index (χ2n) is 6.92. The highest BCUT2D eigenvalue weighted by Crippen LogP contribution is 2.25. The monoisotopic (exact) mass is 482 g/mol. The van der Waals surface area contributed by atoms with Gasteiger partial charge >= 0.3 is 0 Å². The first-order valence-electron chi connectivity index (χ1n) is 9.89. The quantitative estimate of drug-likeness (QED) is 0.208. The van der Waals surface area contributed by atoms with Crippen LogP contribution in [0.5, 0.6) is 5.75 Å². The van der Waals surface area contributed by atoms with Crippen LogP contribution < -0.4 is 4.74 Å². The van der Waals surface area contributed by atoms with E-state index < -0.39 is 0 Å². The number of thioether (sulfide) groups is 1. The topological polar surface area (TPSA) is 52.3 Å². The minimum Gasteiger partial charge on any atom is -0.488 e. The van der Waals surface area contributed by atoms with Gasteiger partial charge in [0.25, 0.3) is 0 Å². The lowest BCUT2D eigenvalue weighted by molar-refractivity contribution is 0.306. The summed E-state index contributed by atoms with van der Waals surface area (Å²) in [5.41, 5.74) is 2.91. The molecular formula is C24H20Cl2N4OS. The largest absolute Gasteiger partial charge is 0.488 e. The lowest BCUT2D eigenvalue weighted by atomic mass is 10.2. The van der Waals surface area contributed by atoms with Crippen LogP contribution in [0.3, 0.4) is 0 Å². The first-order chi connectivity index (χ1) is 15.6. The van der Waals surface area contributed by atoms with Gasteiger partial charge in [0.05, 0.1) is 6.21 Å². The predicted molar refractivity (Wildman–Crippen MR) is 131 cm³/mol. The molecule has 4 rings (SSSR count). The van der Waals surface area contributed by atoms with E-state index in [0.29, 0.717) is 28.2 Å². The molecule has 0 aliphatic rings. The zero-order valence-electron chi connectivity index (χ0n) is 17.3. The Morgan fingerprint density at radius 1 is 1.00 bits per heavy atom. The van der Waals surface area contributed by atoms with Crippen molar-refractivity contribution in [3.63, 3.8) is 0 Å². The van der Waals surface area contributed by atoms with Crippen LogP contribution in [-0.4, -0.2) is 21.1 Å². The standard InChI is InChI=1S/C24H20Cl2N4OS/c1-17-28-29-24(32-16-18-7-3-2-4-8-18)30(17)27-14-19-9-5-6-10-23(19)31-15-20-11-12-21(25)13-22(20)26/h2-14H,15-16H2,1H3/b27-14+. The molecular weight excluding hydrogens is 463 g/mol. The average Bonchev–Trinajstić information content (AvgIpc) is 3.16. The molecule has 0 spiro atoms. The minimum absolute atomic E-state index is 0.324. The van der Waals surface area contributed by atoms with Gasteiger partial charge in [-0.1, -0.05) is 83.5 Å². The summed E-state index contributed by atoms with van der Waals surface area (Å²) in [5.74, 6) is 2.20. The molecule has 0 unspecified atom stereocenters. The summed E-state index contributed by atoms with van der Waals surface area (Å²) < 4.78 is 7.75. The SMILES string of the molecule is Cc1nnc(SCc2ccccc2)n1/N=C/c1ccccc1OCc1ccc(Cl)cc1Cl. The smallest absolute Gasteiger partial charge is 0.212 e. The Labute approximate surface area is 201 Å². The van der Waals surface area contributed by atoms with E-state index in [1.165, 1.54) is 5.56 Å². The van der Waals surface area contributed by atoms with Crippen LogP contribution in [0.15, 0.2) is 83.1 Å². The Kier molecular flexibility index (Phi) is 7.47. The van der Waals surface area contributed by atoms with Gasteiger partial charge in [0, 0.05) is 26.9 Å². The normalized spacial score (nSPS) is 11.2. The van der Waals surface area contributed by atoms with E-state index in [1.807, 2.05) is 55.5 Å². The third kappa shape index (κ3) is 5.71. The van der Waals surface area contributed by atoms with E-state index in [1.54, 1.807) is 34.8 Å². The third-order valence-corrected chi connectivity index (χ3v) is 6.19. The second-order valence-corrected chi connectivity index (χ2v) is 8.71. The lowest BCUT2D eigenvalue weighted by Crippen LogP contribution is -2.01. The van der Waals surface area contributed by atoms with Crippen LogP contribution in [0.2, 0.25) is 10.0 Å². The average molecular weight is 483 g/mol. The van der Waals surface area contributed by atoms with Gasteiger partial charge in [0.2, 0.25) is 5.16 Å². The van der Waals surface area contributed by atoms with Crippen LogP contribution in [-0.2, 0) is 12.4 Å². The summed E-state index contributed by atoms with van der Waals surface area (Å²) in [6, 6.07) is 23.3. The molecule has 0 radical (unpaired) electrons. The maximum absolute atomic E-state index is 6.26. The van der Waals surface area contributed by atoms with E-state index in [-0.39, 0.29) is 0 Å². The number of ether oxygens (including phenoxy) is 1. The molecule has 0 bridgehead atoms. The number of rotatable bonds is 8. The maximum atomic E-state index is 6.26. The Morgan fingerprint density at radius 3 is 2.59 bits per heavy atom. The van der Waals surface area contributed by atoms with Gasteiger partial charge in [0.1, 0.15) is 12.4 Å². The Bertz CT molecular complexity index is 1230. The summed E-state index contributed by atoms with van der Waals surface area (Å²) in [6.45, 7) is 2.20. The van der Waals surface area contributed by atoms with Gasteiger partial charge in [-0.2, -0.15) is 9.78 Å². The molecule has 0 fully saturated rings. The van der Waals surface area contributed by atoms with E-state index in [0.717, 1.165) is 22.0 Å². The van der Waals surface area contributed by atoms with Crippen molar-refractivity contribution in [1.29, 1.82) is 0 Å². The van der Waals surface area contributed by atoms with Gasteiger partial charge in [-0.15, -0.1) is 10.2 Å². The fourth-order valence-corrected chi connectivity index (χ4v) is 4.27. The Hall–Kier alpha value is -2.80. The summed E-state index contributed by atoms with van der Waals surface area (Å²) in [4.78, 5) is 0. The highest BCUT2D eigenvalue weighted by atomic mass is 35.5. The minimum atomic E-state index is 0.324. The number of hydrogen-bond donors (Lipinski definition) is 0. The summed E-state index contributed by atoms with van der Waals surface area (Å²) in [7, 11) is 0. The van der Waals surface area contributed by atoms with Crippen molar-refractivity contribution in [2.45, 2.75) is 24.4 Å². The van der Waals surface area contributed by atoms with Crippen molar-refractivity contribution in [2.24, 2.45) is 5.10 Å². The van der Waals surface area contributed by atoms with Crippen LogP contribution in [0.25, 0.3) is 0 Å². The molecule has 0 atom stereocenters. The number of hydrogen-bond acceptors (Lipinski definition) is 5. The van der Waals surface area contributed by atoms with E-state index >= 15 is 0 Å². The molecule has 0 amide bonds. The molecule has 162 valence electrons. The highest BCUT2D eigenvalue weighted by Gasteiger charge is 2.10. The van der Waals surface area contributed by atoms with Gasteiger partial charge < -0.3 is 4.74 Å².